The first-order chi connectivity index (χ1) is 17.5. The molecule has 1 heterocycles. The quantitative estimate of drug-likeness (QED) is 0.204. The van der Waals surface area contributed by atoms with Crippen molar-refractivity contribution in [2.24, 2.45) is 21.6 Å². The van der Waals surface area contributed by atoms with E-state index in [1.54, 1.807) is 4.68 Å². The lowest BCUT2D eigenvalue weighted by Gasteiger charge is -2.21. The van der Waals surface area contributed by atoms with E-state index in [-0.39, 0.29) is 12.0 Å². The number of aromatic nitrogens is 3. The van der Waals surface area contributed by atoms with Gasteiger partial charge in [-0.3, -0.25) is 10.4 Å². The van der Waals surface area contributed by atoms with Crippen molar-refractivity contribution in [1.82, 2.24) is 20.3 Å². The van der Waals surface area contributed by atoms with Crippen molar-refractivity contribution in [3.8, 4) is 0 Å². The highest BCUT2D eigenvalue weighted by atomic mass is 32.2. The zero-order chi connectivity index (χ0) is 25.9. The second kappa shape index (κ2) is 13.8. The number of hydrogen-bond acceptors (Lipinski definition) is 7. The first kappa shape index (κ1) is 27.4. The third kappa shape index (κ3) is 7.16. The molecular formula is C27H38N8S. The summed E-state index contributed by atoms with van der Waals surface area (Å²) in [6.07, 6.45) is 10.8. The Bertz CT molecular complexity index is 1150. The number of benzene rings is 1. The normalized spacial score (nSPS) is 16.7. The average molecular weight is 507 g/mol. The maximum Gasteiger partial charge on any atom is 0.157 e. The van der Waals surface area contributed by atoms with E-state index in [1.807, 2.05) is 37.3 Å². The number of thioether (sulfide) groups is 1. The molecule has 1 aromatic carbocycles. The summed E-state index contributed by atoms with van der Waals surface area (Å²) in [6.45, 7) is 12.6. The number of rotatable bonds is 11. The Labute approximate surface area is 218 Å². The number of para-hydroxylation sites is 1. The van der Waals surface area contributed by atoms with Crippen LogP contribution in [-0.4, -0.2) is 45.2 Å². The molecule has 0 amide bonds. The SMILES string of the molecule is C=NC(=NC1CCCCC1)C(=CN)C(=C)NCC(CC)CC(=N)SC(=CC)n1nnc2ccccc21. The van der Waals surface area contributed by atoms with Crippen LogP contribution in [-0.2, 0) is 0 Å². The Morgan fingerprint density at radius 3 is 2.75 bits per heavy atom. The van der Waals surface area contributed by atoms with Gasteiger partial charge in [-0.25, -0.2) is 9.67 Å². The molecule has 2 aromatic rings. The van der Waals surface area contributed by atoms with Crippen LogP contribution < -0.4 is 11.1 Å². The molecule has 1 aliphatic carbocycles. The number of nitrogens with two attached hydrogens (primary N) is 1. The van der Waals surface area contributed by atoms with Crippen LogP contribution in [0.25, 0.3) is 16.1 Å². The summed E-state index contributed by atoms with van der Waals surface area (Å²) in [5.41, 5.74) is 9.07. The van der Waals surface area contributed by atoms with Crippen molar-refractivity contribution in [3.05, 3.63) is 54.4 Å². The fraction of sp³-hybridized carbons (Fsp3) is 0.444. The number of allylic oxidation sites excluding steroid dienone is 1. The van der Waals surface area contributed by atoms with Crippen LogP contribution >= 0.6 is 11.8 Å². The van der Waals surface area contributed by atoms with Gasteiger partial charge in [-0.2, -0.15) is 0 Å². The van der Waals surface area contributed by atoms with E-state index >= 15 is 0 Å². The van der Waals surface area contributed by atoms with Crippen LogP contribution in [0.15, 0.2) is 64.4 Å². The molecule has 1 aliphatic rings. The number of fused-ring (bicyclic) bond motifs is 1. The maximum absolute atomic E-state index is 8.65. The number of nitrogens with zero attached hydrogens (tertiary/aromatic N) is 5. The average Bonchev–Trinajstić information content (AvgIpc) is 3.34. The van der Waals surface area contributed by atoms with Crippen LogP contribution in [0.5, 0.6) is 0 Å². The molecule has 1 aromatic heterocycles. The van der Waals surface area contributed by atoms with Crippen molar-refractivity contribution in [2.45, 2.75) is 64.8 Å². The van der Waals surface area contributed by atoms with Gasteiger partial charge >= 0.3 is 0 Å². The highest BCUT2D eigenvalue weighted by Crippen LogP contribution is 2.28. The summed E-state index contributed by atoms with van der Waals surface area (Å²) in [5.74, 6) is 0.804. The summed E-state index contributed by atoms with van der Waals surface area (Å²) < 4.78 is 1.80. The lowest BCUT2D eigenvalue weighted by atomic mass is 9.96. The summed E-state index contributed by atoms with van der Waals surface area (Å²) in [6, 6.07) is 8.10. The van der Waals surface area contributed by atoms with Crippen LogP contribution in [0, 0.1) is 11.3 Å². The van der Waals surface area contributed by atoms with Gasteiger partial charge in [-0.15, -0.1) is 5.10 Å². The van der Waals surface area contributed by atoms with Crippen LogP contribution in [0.1, 0.15) is 58.8 Å². The van der Waals surface area contributed by atoms with E-state index in [0.717, 1.165) is 35.3 Å². The zero-order valence-electron chi connectivity index (χ0n) is 21.4. The molecule has 0 bridgehead atoms. The van der Waals surface area contributed by atoms with Gasteiger partial charge in [-0.05, 0) is 51.0 Å². The van der Waals surface area contributed by atoms with Gasteiger partial charge in [0.1, 0.15) is 10.5 Å². The summed E-state index contributed by atoms with van der Waals surface area (Å²) in [5, 5.41) is 22.0. The molecule has 0 saturated heterocycles. The molecule has 0 radical (unpaired) electrons. The van der Waals surface area contributed by atoms with Crippen LogP contribution in [0.4, 0.5) is 0 Å². The Morgan fingerprint density at radius 1 is 1.33 bits per heavy atom. The van der Waals surface area contributed by atoms with E-state index in [4.69, 9.17) is 16.1 Å². The van der Waals surface area contributed by atoms with Crippen molar-refractivity contribution in [2.75, 3.05) is 6.54 Å². The van der Waals surface area contributed by atoms with Gasteiger partial charge in [0, 0.05) is 18.4 Å². The summed E-state index contributed by atoms with van der Waals surface area (Å²) in [4.78, 5) is 8.96. The highest BCUT2D eigenvalue weighted by Gasteiger charge is 2.18. The van der Waals surface area contributed by atoms with E-state index in [9.17, 15) is 0 Å². The lowest BCUT2D eigenvalue weighted by molar-refractivity contribution is 0.443. The summed E-state index contributed by atoms with van der Waals surface area (Å²) >= 11 is 1.41. The first-order valence-electron chi connectivity index (χ1n) is 12.6. The second-order valence-corrected chi connectivity index (χ2v) is 10.1. The molecule has 1 fully saturated rings. The molecule has 9 heteroatoms. The number of aliphatic imine (C=N–C) groups is 2. The number of amidine groups is 1. The van der Waals surface area contributed by atoms with Gasteiger partial charge in [0.15, 0.2) is 5.84 Å². The third-order valence-electron chi connectivity index (χ3n) is 6.45. The van der Waals surface area contributed by atoms with Crippen molar-refractivity contribution < 1.29 is 0 Å². The second-order valence-electron chi connectivity index (χ2n) is 8.96. The largest absolute Gasteiger partial charge is 0.404 e. The minimum absolute atomic E-state index is 0.252. The minimum Gasteiger partial charge on any atom is -0.404 e. The Balaban J connectivity index is 1.58. The monoisotopic (exact) mass is 506 g/mol. The molecule has 1 saturated carbocycles. The smallest absolute Gasteiger partial charge is 0.157 e. The predicted molar refractivity (Wildman–Crippen MR) is 154 cm³/mol. The molecule has 1 atom stereocenters. The van der Waals surface area contributed by atoms with Gasteiger partial charge in [0.05, 0.1) is 22.2 Å². The molecule has 0 spiro atoms. The predicted octanol–water partition coefficient (Wildman–Crippen LogP) is 5.75. The lowest BCUT2D eigenvalue weighted by Crippen LogP contribution is -2.26. The Hall–Kier alpha value is -3.20. The van der Waals surface area contributed by atoms with E-state index in [0.29, 0.717) is 35.1 Å². The molecule has 8 nitrogen and oxygen atoms in total. The maximum atomic E-state index is 8.65. The molecule has 4 N–H and O–H groups in total. The first-order valence-corrected chi connectivity index (χ1v) is 13.4. The van der Waals surface area contributed by atoms with E-state index in [2.05, 4.69) is 40.8 Å². The van der Waals surface area contributed by atoms with Crippen LogP contribution in [0.3, 0.4) is 0 Å². The zero-order valence-corrected chi connectivity index (χ0v) is 22.2. The van der Waals surface area contributed by atoms with Gasteiger partial charge in [-0.1, -0.05) is 74.4 Å². The fourth-order valence-corrected chi connectivity index (χ4v) is 5.21. The van der Waals surface area contributed by atoms with Crippen molar-refractivity contribution >= 4 is 45.4 Å². The van der Waals surface area contributed by atoms with E-state index < -0.39 is 0 Å². The standard InChI is InChI=1S/C27H38N8S/c1-5-20(16-25(29)36-26(6-2)35-24-15-11-10-14-23(24)33-34-35)18-31-19(3)22(17-28)27(30-4)32-21-12-8-7-9-13-21/h6,10-11,14-15,17,20-21,29,31H,3-5,7-9,12-13,16,18,28H2,1-2H3. The van der Waals surface area contributed by atoms with Gasteiger partial charge in [0.25, 0.3) is 0 Å². The molecule has 36 heavy (non-hydrogen) atoms. The topological polar surface area (TPSA) is 117 Å². The molecule has 3 rings (SSSR count). The van der Waals surface area contributed by atoms with Crippen molar-refractivity contribution in [1.29, 1.82) is 5.41 Å². The minimum atomic E-state index is 0.252. The summed E-state index contributed by atoms with van der Waals surface area (Å²) in [7, 11) is 0. The third-order valence-corrected chi connectivity index (χ3v) is 7.48. The van der Waals surface area contributed by atoms with Crippen LogP contribution in [0.2, 0.25) is 0 Å². The van der Waals surface area contributed by atoms with E-state index in [1.165, 1.54) is 37.2 Å². The molecular weight excluding hydrogens is 468 g/mol. The Morgan fingerprint density at radius 2 is 2.08 bits per heavy atom. The number of nitrogens with one attached hydrogen (secondary N) is 2. The molecule has 192 valence electrons. The fourth-order valence-electron chi connectivity index (χ4n) is 4.30. The molecule has 0 aliphatic heterocycles. The molecule has 1 unspecified atom stereocenters. The van der Waals surface area contributed by atoms with Crippen molar-refractivity contribution in [3.63, 3.8) is 0 Å². The number of hydrogen-bond donors (Lipinski definition) is 3. The Kier molecular flexibility index (Phi) is 10.5. The van der Waals surface area contributed by atoms with Gasteiger partial charge < -0.3 is 11.1 Å². The van der Waals surface area contributed by atoms with Gasteiger partial charge in [0.2, 0.25) is 0 Å². The highest BCUT2D eigenvalue weighted by molar-refractivity contribution is 8.21.